The van der Waals surface area contributed by atoms with E-state index in [1.54, 1.807) is 19.9 Å². The molecular weight excluding hydrogens is 508 g/mol. The van der Waals surface area contributed by atoms with Gasteiger partial charge in [0.15, 0.2) is 12.4 Å². The van der Waals surface area contributed by atoms with Crippen LogP contribution in [0.15, 0.2) is 41.3 Å². The van der Waals surface area contributed by atoms with Gasteiger partial charge in [-0.1, -0.05) is 0 Å². The maximum absolute atomic E-state index is 13.6. The van der Waals surface area contributed by atoms with Crippen molar-refractivity contribution in [1.82, 2.24) is 9.21 Å². The molecule has 3 aliphatic heterocycles. The molecule has 10 nitrogen and oxygen atoms in total. The number of anilines is 2. The third-order valence-electron chi connectivity index (χ3n) is 7.49. The van der Waals surface area contributed by atoms with Crippen LogP contribution in [0.4, 0.5) is 11.4 Å². The SMILES string of the molecule is CC(=O)c1ccc(N2CCN(C(=O)C3CCCN(S(=O)(=O)c4cc5c(cc4C)NC(=O)CO5)C3)CC2)cc1. The van der Waals surface area contributed by atoms with E-state index in [9.17, 15) is 22.8 Å². The molecule has 0 saturated carbocycles. The van der Waals surface area contributed by atoms with Crippen LogP contribution < -0.4 is 15.0 Å². The van der Waals surface area contributed by atoms with Crippen molar-refractivity contribution in [3.8, 4) is 5.75 Å². The standard InChI is InChI=1S/C27H32N4O6S/c1-18-14-23-24(37-17-26(33)28-23)15-25(18)38(35,36)31-9-3-4-21(16-31)27(34)30-12-10-29(11-13-30)22-7-5-20(6-8-22)19(2)32/h5-8,14-15,21H,3-4,9-13,16-17H2,1-2H3,(H,28,33). The number of Topliss-reactive ketones (excluding diaryl/α,β-unsaturated/α-hetero) is 1. The van der Waals surface area contributed by atoms with Gasteiger partial charge >= 0.3 is 0 Å². The van der Waals surface area contributed by atoms with Crippen molar-refractivity contribution in [3.05, 3.63) is 47.5 Å². The topological polar surface area (TPSA) is 116 Å². The molecule has 3 heterocycles. The molecular formula is C27H32N4O6S. The van der Waals surface area contributed by atoms with Gasteiger partial charge in [0.1, 0.15) is 5.75 Å². The number of ketones is 1. The molecule has 2 aromatic rings. The summed E-state index contributed by atoms with van der Waals surface area (Å²) in [5, 5.41) is 2.70. The summed E-state index contributed by atoms with van der Waals surface area (Å²) in [7, 11) is -3.85. The van der Waals surface area contributed by atoms with Crippen LogP contribution in [0.2, 0.25) is 0 Å². The summed E-state index contributed by atoms with van der Waals surface area (Å²) < 4.78 is 34.0. The van der Waals surface area contributed by atoms with Crippen molar-refractivity contribution in [1.29, 1.82) is 0 Å². The van der Waals surface area contributed by atoms with Gasteiger partial charge in [-0.2, -0.15) is 4.31 Å². The number of sulfonamides is 1. The van der Waals surface area contributed by atoms with Gasteiger partial charge in [0, 0.05) is 56.6 Å². The fourth-order valence-electron chi connectivity index (χ4n) is 5.35. The zero-order valence-electron chi connectivity index (χ0n) is 21.6. The number of carbonyl (C=O) groups excluding carboxylic acids is 3. The van der Waals surface area contributed by atoms with E-state index in [2.05, 4.69) is 10.2 Å². The molecule has 2 saturated heterocycles. The Labute approximate surface area is 222 Å². The smallest absolute Gasteiger partial charge is 0.262 e. The van der Waals surface area contributed by atoms with E-state index < -0.39 is 15.9 Å². The summed E-state index contributed by atoms with van der Waals surface area (Å²) in [5.74, 6) is -0.332. The number of rotatable bonds is 5. The van der Waals surface area contributed by atoms with Crippen molar-refractivity contribution >= 4 is 39.0 Å². The lowest BCUT2D eigenvalue weighted by molar-refractivity contribution is -0.137. The Morgan fingerprint density at radius 2 is 1.74 bits per heavy atom. The van der Waals surface area contributed by atoms with Gasteiger partial charge in [0.05, 0.1) is 16.5 Å². The lowest BCUT2D eigenvalue weighted by Gasteiger charge is -2.39. The van der Waals surface area contributed by atoms with Gasteiger partial charge in [-0.05, 0) is 62.6 Å². The Kier molecular flexibility index (Phi) is 7.15. The second kappa shape index (κ2) is 10.4. The number of fused-ring (bicyclic) bond motifs is 1. The minimum atomic E-state index is -3.85. The second-order valence-corrected chi connectivity index (χ2v) is 12.0. The van der Waals surface area contributed by atoms with Crippen molar-refractivity contribution in [3.63, 3.8) is 0 Å². The monoisotopic (exact) mass is 540 g/mol. The number of benzene rings is 2. The average Bonchev–Trinajstić information content (AvgIpc) is 2.92. The summed E-state index contributed by atoms with van der Waals surface area (Å²) in [4.78, 5) is 40.7. The average molecular weight is 541 g/mol. The molecule has 1 N–H and O–H groups in total. The molecule has 202 valence electrons. The highest BCUT2D eigenvalue weighted by Crippen LogP contribution is 2.35. The first-order chi connectivity index (χ1) is 18.1. The summed E-state index contributed by atoms with van der Waals surface area (Å²) >= 11 is 0. The van der Waals surface area contributed by atoms with E-state index in [0.717, 1.165) is 5.69 Å². The molecule has 38 heavy (non-hydrogen) atoms. The lowest BCUT2D eigenvalue weighted by Crippen LogP contribution is -2.53. The molecule has 5 rings (SSSR count). The molecule has 0 aromatic heterocycles. The Hall–Kier alpha value is -3.44. The largest absolute Gasteiger partial charge is 0.482 e. The van der Waals surface area contributed by atoms with E-state index >= 15 is 0 Å². The highest BCUT2D eigenvalue weighted by molar-refractivity contribution is 7.89. The van der Waals surface area contributed by atoms with E-state index in [4.69, 9.17) is 4.74 Å². The second-order valence-electron chi connectivity index (χ2n) is 10.1. The van der Waals surface area contributed by atoms with Gasteiger partial charge in [-0.15, -0.1) is 0 Å². The maximum atomic E-state index is 13.6. The van der Waals surface area contributed by atoms with Crippen molar-refractivity contribution < 1.29 is 27.5 Å². The summed E-state index contributed by atoms with van der Waals surface area (Å²) in [6, 6.07) is 10.6. The fraction of sp³-hybridized carbons (Fsp3) is 0.444. The molecule has 11 heteroatoms. The van der Waals surface area contributed by atoms with Crippen LogP contribution in [0.5, 0.6) is 5.75 Å². The van der Waals surface area contributed by atoms with Gasteiger partial charge in [0.25, 0.3) is 5.91 Å². The van der Waals surface area contributed by atoms with Gasteiger partial charge in [0.2, 0.25) is 15.9 Å². The van der Waals surface area contributed by atoms with Crippen LogP contribution in [-0.2, 0) is 19.6 Å². The number of aryl methyl sites for hydroxylation is 1. The third kappa shape index (κ3) is 5.12. The van der Waals surface area contributed by atoms with Crippen LogP contribution in [0, 0.1) is 12.8 Å². The Morgan fingerprint density at radius 3 is 2.42 bits per heavy atom. The molecule has 2 aromatic carbocycles. The van der Waals surface area contributed by atoms with Crippen LogP contribution in [0.25, 0.3) is 0 Å². The minimum absolute atomic E-state index is 0.00955. The number of hydrogen-bond donors (Lipinski definition) is 1. The number of amides is 2. The molecule has 0 bridgehead atoms. The normalized spacial score (nSPS) is 20.4. The predicted molar refractivity (Wildman–Crippen MR) is 142 cm³/mol. The fourth-order valence-corrected chi connectivity index (χ4v) is 7.09. The number of ether oxygens (including phenoxy) is 1. The Bertz CT molecular complexity index is 1370. The molecule has 3 aliphatic rings. The molecule has 2 fully saturated rings. The highest BCUT2D eigenvalue weighted by Gasteiger charge is 2.37. The number of carbonyl (C=O) groups is 3. The molecule has 1 unspecified atom stereocenters. The van der Waals surface area contributed by atoms with Gasteiger partial charge in [-0.3, -0.25) is 14.4 Å². The first-order valence-electron chi connectivity index (χ1n) is 12.9. The van der Waals surface area contributed by atoms with Crippen LogP contribution in [0.3, 0.4) is 0 Å². The number of nitrogens with one attached hydrogen (secondary N) is 1. The Balaban J connectivity index is 1.24. The van der Waals surface area contributed by atoms with Crippen LogP contribution >= 0.6 is 0 Å². The van der Waals surface area contributed by atoms with E-state index in [-0.39, 0.29) is 35.6 Å². The quantitative estimate of drug-likeness (QED) is 0.579. The number of piperazine rings is 1. The van der Waals surface area contributed by atoms with Crippen molar-refractivity contribution in [2.24, 2.45) is 5.92 Å². The summed E-state index contributed by atoms with van der Waals surface area (Å²) in [6.07, 6.45) is 1.25. The van der Waals surface area contributed by atoms with Crippen LogP contribution in [-0.4, -0.2) is 81.1 Å². The minimum Gasteiger partial charge on any atom is -0.482 e. The maximum Gasteiger partial charge on any atom is 0.262 e. The first kappa shape index (κ1) is 26.2. The molecule has 0 spiro atoms. The predicted octanol–water partition coefficient (Wildman–Crippen LogP) is 2.28. The highest BCUT2D eigenvalue weighted by atomic mass is 32.2. The zero-order valence-corrected chi connectivity index (χ0v) is 22.4. The van der Waals surface area contributed by atoms with Gasteiger partial charge < -0.3 is 19.9 Å². The van der Waals surface area contributed by atoms with Crippen molar-refractivity contribution in [2.75, 3.05) is 56.1 Å². The molecule has 1 atom stereocenters. The lowest BCUT2D eigenvalue weighted by atomic mass is 9.97. The summed E-state index contributed by atoms with van der Waals surface area (Å²) in [6.45, 7) is 6.02. The van der Waals surface area contributed by atoms with E-state index in [0.29, 0.717) is 68.1 Å². The van der Waals surface area contributed by atoms with Gasteiger partial charge in [-0.25, -0.2) is 8.42 Å². The summed E-state index contributed by atoms with van der Waals surface area (Å²) in [5.41, 5.74) is 2.65. The van der Waals surface area contributed by atoms with Crippen molar-refractivity contribution in [2.45, 2.75) is 31.6 Å². The number of nitrogens with zero attached hydrogens (tertiary/aromatic N) is 3. The van der Waals surface area contributed by atoms with E-state index in [1.807, 2.05) is 29.2 Å². The number of hydrogen-bond acceptors (Lipinski definition) is 7. The number of piperidine rings is 1. The first-order valence-corrected chi connectivity index (χ1v) is 14.3. The molecule has 0 radical (unpaired) electrons. The molecule has 2 amide bonds. The Morgan fingerprint density at radius 1 is 1.03 bits per heavy atom. The van der Waals surface area contributed by atoms with Crippen LogP contribution in [0.1, 0.15) is 35.7 Å². The van der Waals surface area contributed by atoms with E-state index in [1.165, 1.54) is 10.4 Å². The molecule has 0 aliphatic carbocycles. The zero-order chi connectivity index (χ0) is 27.0. The third-order valence-corrected chi connectivity index (χ3v) is 9.50.